The number of rotatable bonds is 5. The number of benzene rings is 2. The lowest BCUT2D eigenvalue weighted by atomic mass is 10.2. The van der Waals surface area contributed by atoms with Crippen molar-refractivity contribution in [3.8, 4) is 5.75 Å². The van der Waals surface area contributed by atoms with Gasteiger partial charge in [0.2, 0.25) is 15.9 Å². The molecule has 152 valence electrons. The largest absolute Gasteiger partial charge is 0.495 e. The molecule has 0 bridgehead atoms. The fourth-order valence-corrected chi connectivity index (χ4v) is 6.04. The minimum Gasteiger partial charge on any atom is -0.495 e. The number of amides is 1. The lowest BCUT2D eigenvalue weighted by Gasteiger charge is -2.23. The number of halogens is 1. The van der Waals surface area contributed by atoms with E-state index >= 15 is 0 Å². The maximum Gasteiger partial charge on any atom is 0.246 e. The van der Waals surface area contributed by atoms with E-state index in [1.807, 2.05) is 0 Å². The third kappa shape index (κ3) is 3.68. The van der Waals surface area contributed by atoms with Crippen LogP contribution in [-0.4, -0.2) is 47.1 Å². The smallest absolute Gasteiger partial charge is 0.246 e. The van der Waals surface area contributed by atoms with Gasteiger partial charge in [-0.25, -0.2) is 8.42 Å². The first-order valence-corrected chi connectivity index (χ1v) is 11.3. The highest BCUT2D eigenvalue weighted by molar-refractivity contribution is 7.89. The van der Waals surface area contributed by atoms with Gasteiger partial charge >= 0.3 is 0 Å². The van der Waals surface area contributed by atoms with Crippen molar-refractivity contribution in [2.75, 3.05) is 19.0 Å². The van der Waals surface area contributed by atoms with Crippen molar-refractivity contribution in [3.63, 3.8) is 0 Å². The number of sulfonamides is 1. The first-order valence-electron chi connectivity index (χ1n) is 8.79. The number of anilines is 1. The maximum atomic E-state index is 13.3. The Labute approximate surface area is 176 Å². The van der Waals surface area contributed by atoms with Gasteiger partial charge in [-0.1, -0.05) is 17.7 Å². The van der Waals surface area contributed by atoms with Gasteiger partial charge in [0.1, 0.15) is 27.7 Å². The molecule has 1 atom stereocenters. The number of aromatic nitrogens is 2. The molecule has 2 aromatic carbocycles. The molecular weight excluding hydrogens is 436 g/mol. The molecule has 4 rings (SSSR count). The van der Waals surface area contributed by atoms with E-state index in [-0.39, 0.29) is 11.4 Å². The van der Waals surface area contributed by atoms with Crippen LogP contribution in [0.15, 0.2) is 41.3 Å². The zero-order valence-electron chi connectivity index (χ0n) is 15.3. The maximum absolute atomic E-state index is 13.3. The van der Waals surface area contributed by atoms with Gasteiger partial charge in [0.25, 0.3) is 0 Å². The van der Waals surface area contributed by atoms with E-state index in [0.717, 1.165) is 11.7 Å². The predicted octanol–water partition coefficient (Wildman–Crippen LogP) is 3.15. The third-order valence-electron chi connectivity index (χ3n) is 4.76. The van der Waals surface area contributed by atoms with Crippen LogP contribution in [0.25, 0.3) is 11.0 Å². The minimum absolute atomic E-state index is 0.0657. The average Bonchev–Trinajstić information content (AvgIpc) is 3.37. The lowest BCUT2D eigenvalue weighted by molar-refractivity contribution is -0.119. The number of nitrogens with one attached hydrogen (secondary N) is 1. The molecule has 0 aliphatic carbocycles. The lowest BCUT2D eigenvalue weighted by Crippen LogP contribution is -2.43. The van der Waals surface area contributed by atoms with Gasteiger partial charge in [-0.3, -0.25) is 4.79 Å². The van der Waals surface area contributed by atoms with E-state index in [4.69, 9.17) is 16.3 Å². The molecule has 0 spiro atoms. The molecule has 1 amide bonds. The first-order chi connectivity index (χ1) is 13.9. The number of carbonyl (C=O) groups is 1. The molecule has 0 unspecified atom stereocenters. The van der Waals surface area contributed by atoms with Crippen molar-refractivity contribution >= 4 is 56.0 Å². The third-order valence-corrected chi connectivity index (χ3v) is 7.54. The summed E-state index contributed by atoms with van der Waals surface area (Å²) in [5.41, 5.74) is 1.31. The van der Waals surface area contributed by atoms with Gasteiger partial charge in [-0.15, -0.1) is 0 Å². The van der Waals surface area contributed by atoms with Crippen LogP contribution in [0, 0.1) is 0 Å². The summed E-state index contributed by atoms with van der Waals surface area (Å²) in [6, 6.07) is 8.86. The summed E-state index contributed by atoms with van der Waals surface area (Å²) in [6.45, 7) is 0.262. The van der Waals surface area contributed by atoms with Gasteiger partial charge in [0, 0.05) is 12.2 Å². The summed E-state index contributed by atoms with van der Waals surface area (Å²) in [5, 5.41) is 3.10. The molecule has 11 heteroatoms. The molecule has 1 saturated heterocycles. The van der Waals surface area contributed by atoms with E-state index < -0.39 is 22.0 Å². The van der Waals surface area contributed by atoms with Gasteiger partial charge < -0.3 is 10.1 Å². The summed E-state index contributed by atoms with van der Waals surface area (Å²) < 4.78 is 41.1. The number of methoxy groups -OCH3 is 1. The van der Waals surface area contributed by atoms with Crippen molar-refractivity contribution in [1.82, 2.24) is 13.1 Å². The van der Waals surface area contributed by atoms with Crippen molar-refractivity contribution in [1.29, 1.82) is 0 Å². The molecule has 0 saturated carbocycles. The highest BCUT2D eigenvalue weighted by Gasteiger charge is 2.40. The van der Waals surface area contributed by atoms with E-state index in [1.54, 1.807) is 30.3 Å². The molecule has 29 heavy (non-hydrogen) atoms. The normalized spacial score (nSPS) is 17.5. The Balaban J connectivity index is 1.61. The molecule has 1 aliphatic heterocycles. The van der Waals surface area contributed by atoms with Crippen LogP contribution >= 0.6 is 23.3 Å². The van der Waals surface area contributed by atoms with Gasteiger partial charge in [-0.05, 0) is 43.2 Å². The number of fused-ring (bicyclic) bond motifs is 1. The van der Waals surface area contributed by atoms with Gasteiger partial charge in [0.05, 0.1) is 23.9 Å². The molecular formula is C18H17ClN4O4S2. The van der Waals surface area contributed by atoms with E-state index in [2.05, 4.69) is 14.1 Å². The van der Waals surface area contributed by atoms with E-state index in [9.17, 15) is 13.2 Å². The molecule has 1 fully saturated rings. The second-order valence-electron chi connectivity index (χ2n) is 6.50. The Kier molecular flexibility index (Phi) is 5.43. The fraction of sp³-hybridized carbons (Fsp3) is 0.278. The zero-order valence-corrected chi connectivity index (χ0v) is 17.7. The van der Waals surface area contributed by atoms with Crippen molar-refractivity contribution in [3.05, 3.63) is 41.4 Å². The zero-order chi connectivity index (χ0) is 20.6. The topological polar surface area (TPSA) is 101 Å². The Morgan fingerprint density at radius 3 is 2.90 bits per heavy atom. The summed E-state index contributed by atoms with van der Waals surface area (Å²) in [4.78, 5) is 12.9. The van der Waals surface area contributed by atoms with E-state index in [0.29, 0.717) is 40.3 Å². The Bertz CT molecular complexity index is 1180. The van der Waals surface area contributed by atoms with Crippen LogP contribution in [0.2, 0.25) is 5.02 Å². The number of carbonyl (C=O) groups excluding carboxylic acids is 1. The number of hydrogen-bond donors (Lipinski definition) is 1. The summed E-state index contributed by atoms with van der Waals surface area (Å²) in [7, 11) is -2.41. The highest BCUT2D eigenvalue weighted by Crippen LogP contribution is 2.31. The van der Waals surface area contributed by atoms with Gasteiger partial charge in [0.15, 0.2) is 0 Å². The number of hydrogen-bond acceptors (Lipinski definition) is 7. The fourth-order valence-electron chi connectivity index (χ4n) is 3.38. The van der Waals surface area contributed by atoms with Crippen molar-refractivity contribution in [2.24, 2.45) is 0 Å². The quantitative estimate of drug-likeness (QED) is 0.638. The van der Waals surface area contributed by atoms with Crippen LogP contribution in [0.5, 0.6) is 5.75 Å². The van der Waals surface area contributed by atoms with Crippen LogP contribution in [0.3, 0.4) is 0 Å². The molecule has 1 N–H and O–H groups in total. The molecule has 0 radical (unpaired) electrons. The SMILES string of the molecule is COc1ccc(NC(=O)[C@@H]2CCCN2S(=O)(=O)c2cccc3nsnc23)cc1Cl. The standard InChI is InChI=1S/C18H17ClN4O4S2/c1-27-15-8-7-11(10-12(15)19)20-18(24)14-5-3-9-23(14)29(25,26)16-6-2-4-13-17(16)22-28-21-13/h2,4,6-8,10,14H,3,5,9H2,1H3,(H,20,24)/t14-/m0/s1. The average molecular weight is 453 g/mol. The first kappa shape index (κ1) is 20.0. The number of ether oxygens (including phenoxy) is 1. The summed E-state index contributed by atoms with van der Waals surface area (Å²) in [6.07, 6.45) is 1.02. The second kappa shape index (κ2) is 7.86. The number of nitrogens with zero attached hydrogens (tertiary/aromatic N) is 3. The van der Waals surface area contributed by atoms with Crippen molar-refractivity contribution < 1.29 is 17.9 Å². The van der Waals surface area contributed by atoms with Crippen LogP contribution in [0.1, 0.15) is 12.8 Å². The molecule has 1 aromatic heterocycles. The minimum atomic E-state index is -3.91. The Morgan fingerprint density at radius 2 is 2.14 bits per heavy atom. The molecule has 8 nitrogen and oxygen atoms in total. The molecule has 3 aromatic rings. The monoisotopic (exact) mass is 452 g/mol. The molecule has 1 aliphatic rings. The predicted molar refractivity (Wildman–Crippen MR) is 111 cm³/mol. The van der Waals surface area contributed by atoms with Crippen LogP contribution < -0.4 is 10.1 Å². The Hall–Kier alpha value is -2.27. The van der Waals surface area contributed by atoms with E-state index in [1.165, 1.54) is 17.5 Å². The van der Waals surface area contributed by atoms with Crippen LogP contribution in [-0.2, 0) is 14.8 Å². The summed E-state index contributed by atoms with van der Waals surface area (Å²) in [5.74, 6) is 0.0792. The Morgan fingerprint density at radius 1 is 1.31 bits per heavy atom. The second-order valence-corrected chi connectivity index (χ2v) is 9.30. The van der Waals surface area contributed by atoms with Crippen molar-refractivity contribution in [2.45, 2.75) is 23.8 Å². The molecule has 2 heterocycles. The van der Waals surface area contributed by atoms with Crippen LogP contribution in [0.4, 0.5) is 5.69 Å². The highest BCUT2D eigenvalue weighted by atomic mass is 35.5. The summed E-state index contributed by atoms with van der Waals surface area (Å²) >= 11 is 7.06. The van der Waals surface area contributed by atoms with Gasteiger partial charge in [-0.2, -0.15) is 13.1 Å².